The Morgan fingerprint density at radius 2 is 1.70 bits per heavy atom. The fourth-order valence-corrected chi connectivity index (χ4v) is 1.97. The summed E-state index contributed by atoms with van der Waals surface area (Å²) >= 11 is 11.7. The molecular formula is C15H15Cl2NO2. The number of nitrogens with two attached hydrogens (primary N) is 1. The molecule has 5 heteroatoms. The van der Waals surface area contributed by atoms with Crippen molar-refractivity contribution < 1.29 is 9.47 Å². The van der Waals surface area contributed by atoms with E-state index in [1.54, 1.807) is 18.2 Å². The molecule has 2 aromatic carbocycles. The van der Waals surface area contributed by atoms with Crippen molar-refractivity contribution in [3.8, 4) is 11.5 Å². The van der Waals surface area contributed by atoms with Gasteiger partial charge in [-0.1, -0.05) is 29.3 Å². The summed E-state index contributed by atoms with van der Waals surface area (Å²) in [5.74, 6) is 1.31. The molecule has 20 heavy (non-hydrogen) atoms. The lowest BCUT2D eigenvalue weighted by Crippen LogP contribution is -2.10. The van der Waals surface area contributed by atoms with E-state index in [0.29, 0.717) is 40.4 Å². The third kappa shape index (κ3) is 3.95. The number of rotatable bonds is 5. The number of hydrogen-bond acceptors (Lipinski definition) is 3. The first-order valence-electron chi connectivity index (χ1n) is 6.13. The van der Waals surface area contributed by atoms with Crippen LogP contribution in [-0.4, -0.2) is 13.2 Å². The number of anilines is 1. The fourth-order valence-electron chi connectivity index (χ4n) is 1.68. The quantitative estimate of drug-likeness (QED) is 0.660. The van der Waals surface area contributed by atoms with Crippen molar-refractivity contribution in [2.75, 3.05) is 18.9 Å². The van der Waals surface area contributed by atoms with Crippen LogP contribution < -0.4 is 15.2 Å². The van der Waals surface area contributed by atoms with Gasteiger partial charge in [0.1, 0.15) is 24.7 Å². The molecule has 2 rings (SSSR count). The predicted molar refractivity (Wildman–Crippen MR) is 83.0 cm³/mol. The lowest BCUT2D eigenvalue weighted by molar-refractivity contribution is 0.218. The van der Waals surface area contributed by atoms with Crippen LogP contribution in [0.5, 0.6) is 11.5 Å². The molecule has 0 aromatic heterocycles. The predicted octanol–water partition coefficient (Wildman–Crippen LogP) is 4.34. The van der Waals surface area contributed by atoms with E-state index in [0.717, 1.165) is 5.56 Å². The minimum atomic E-state index is 0.394. The average molecular weight is 312 g/mol. The van der Waals surface area contributed by atoms with Gasteiger partial charge in [-0.15, -0.1) is 0 Å². The second-order valence-electron chi connectivity index (χ2n) is 4.31. The zero-order chi connectivity index (χ0) is 14.5. The van der Waals surface area contributed by atoms with Gasteiger partial charge < -0.3 is 15.2 Å². The third-order valence-electron chi connectivity index (χ3n) is 2.67. The smallest absolute Gasteiger partial charge is 0.142 e. The summed E-state index contributed by atoms with van der Waals surface area (Å²) in [5, 5.41) is 0.968. The van der Waals surface area contributed by atoms with Gasteiger partial charge in [0, 0.05) is 6.07 Å². The summed E-state index contributed by atoms with van der Waals surface area (Å²) in [6.45, 7) is 2.77. The Morgan fingerprint density at radius 3 is 2.40 bits per heavy atom. The Balaban J connectivity index is 1.82. The van der Waals surface area contributed by atoms with Crippen LogP contribution in [-0.2, 0) is 0 Å². The number of nitrogen functional groups attached to an aromatic ring is 1. The number of halogens is 2. The van der Waals surface area contributed by atoms with Gasteiger partial charge in [0.15, 0.2) is 0 Å². The molecule has 2 aromatic rings. The molecule has 0 radical (unpaired) electrons. The van der Waals surface area contributed by atoms with Crippen molar-refractivity contribution in [3.05, 3.63) is 52.0 Å². The lowest BCUT2D eigenvalue weighted by atomic mass is 10.2. The van der Waals surface area contributed by atoms with E-state index in [1.165, 1.54) is 0 Å². The minimum absolute atomic E-state index is 0.394. The first-order valence-corrected chi connectivity index (χ1v) is 6.88. The summed E-state index contributed by atoms with van der Waals surface area (Å²) in [7, 11) is 0. The maximum absolute atomic E-state index is 5.90. The summed E-state index contributed by atoms with van der Waals surface area (Å²) in [4.78, 5) is 0. The number of hydrogen-bond donors (Lipinski definition) is 1. The Bertz CT molecular complexity index is 602. The highest BCUT2D eigenvalue weighted by Gasteiger charge is 2.02. The van der Waals surface area contributed by atoms with Crippen LogP contribution in [0.2, 0.25) is 10.0 Å². The van der Waals surface area contributed by atoms with Gasteiger partial charge in [0.25, 0.3) is 0 Å². The Labute approximate surface area is 128 Å². The van der Waals surface area contributed by atoms with Crippen LogP contribution >= 0.6 is 23.2 Å². The zero-order valence-electron chi connectivity index (χ0n) is 11.0. The third-order valence-corrected chi connectivity index (χ3v) is 3.41. The Morgan fingerprint density at radius 1 is 0.950 bits per heavy atom. The molecule has 0 spiro atoms. The topological polar surface area (TPSA) is 44.5 Å². The molecule has 0 saturated heterocycles. The van der Waals surface area contributed by atoms with E-state index in [1.807, 2.05) is 25.1 Å². The van der Waals surface area contributed by atoms with Crippen molar-refractivity contribution in [1.82, 2.24) is 0 Å². The number of benzene rings is 2. The first-order chi connectivity index (χ1) is 9.56. The second kappa shape index (κ2) is 6.73. The van der Waals surface area contributed by atoms with Crippen molar-refractivity contribution in [3.63, 3.8) is 0 Å². The van der Waals surface area contributed by atoms with Gasteiger partial charge in [-0.05, 0) is 36.8 Å². The standard InChI is InChI=1S/C15H15Cl2NO2/c1-10-2-5-15(14(18)8-10)20-7-6-19-11-3-4-12(16)13(17)9-11/h2-5,8-9H,6-7,18H2,1H3. The summed E-state index contributed by atoms with van der Waals surface area (Å²) < 4.78 is 11.1. The molecule has 3 nitrogen and oxygen atoms in total. The maximum atomic E-state index is 5.90. The van der Waals surface area contributed by atoms with Crippen LogP contribution in [0, 0.1) is 6.92 Å². The van der Waals surface area contributed by atoms with Crippen LogP contribution in [0.1, 0.15) is 5.56 Å². The Hall–Kier alpha value is -1.58. The van der Waals surface area contributed by atoms with E-state index in [9.17, 15) is 0 Å². The minimum Gasteiger partial charge on any atom is -0.490 e. The molecular weight excluding hydrogens is 297 g/mol. The van der Waals surface area contributed by atoms with E-state index >= 15 is 0 Å². The average Bonchev–Trinajstić information content (AvgIpc) is 2.40. The van der Waals surface area contributed by atoms with Crippen molar-refractivity contribution in [2.45, 2.75) is 6.92 Å². The molecule has 0 aliphatic carbocycles. The van der Waals surface area contributed by atoms with E-state index < -0.39 is 0 Å². The van der Waals surface area contributed by atoms with Gasteiger partial charge in [-0.25, -0.2) is 0 Å². The van der Waals surface area contributed by atoms with Crippen molar-refractivity contribution in [1.29, 1.82) is 0 Å². The molecule has 0 fully saturated rings. The van der Waals surface area contributed by atoms with Gasteiger partial charge in [0.2, 0.25) is 0 Å². The van der Waals surface area contributed by atoms with Crippen LogP contribution in [0.3, 0.4) is 0 Å². The number of ether oxygens (including phenoxy) is 2. The molecule has 106 valence electrons. The van der Waals surface area contributed by atoms with Crippen LogP contribution in [0.4, 0.5) is 5.69 Å². The molecule has 0 unspecified atom stereocenters. The monoisotopic (exact) mass is 311 g/mol. The van der Waals surface area contributed by atoms with E-state index in [-0.39, 0.29) is 0 Å². The van der Waals surface area contributed by atoms with Gasteiger partial charge in [0.05, 0.1) is 15.7 Å². The van der Waals surface area contributed by atoms with E-state index in [4.69, 9.17) is 38.4 Å². The second-order valence-corrected chi connectivity index (χ2v) is 5.13. The molecule has 0 aliphatic heterocycles. The normalized spacial score (nSPS) is 10.3. The maximum Gasteiger partial charge on any atom is 0.142 e. The molecule has 0 heterocycles. The highest BCUT2D eigenvalue weighted by atomic mass is 35.5. The largest absolute Gasteiger partial charge is 0.490 e. The molecule has 0 saturated carbocycles. The zero-order valence-corrected chi connectivity index (χ0v) is 12.5. The highest BCUT2D eigenvalue weighted by molar-refractivity contribution is 6.42. The first kappa shape index (κ1) is 14.8. The molecule has 0 atom stereocenters. The van der Waals surface area contributed by atoms with Crippen molar-refractivity contribution in [2.24, 2.45) is 0 Å². The number of aryl methyl sites for hydroxylation is 1. The van der Waals surface area contributed by atoms with Crippen molar-refractivity contribution >= 4 is 28.9 Å². The van der Waals surface area contributed by atoms with Crippen LogP contribution in [0.15, 0.2) is 36.4 Å². The lowest BCUT2D eigenvalue weighted by Gasteiger charge is -2.11. The molecule has 0 aliphatic rings. The van der Waals surface area contributed by atoms with Crippen LogP contribution in [0.25, 0.3) is 0 Å². The summed E-state index contributed by atoms with van der Waals surface area (Å²) in [6, 6.07) is 10.8. The Kier molecular flexibility index (Phi) is 4.99. The highest BCUT2D eigenvalue weighted by Crippen LogP contribution is 2.26. The van der Waals surface area contributed by atoms with E-state index in [2.05, 4.69) is 0 Å². The molecule has 0 amide bonds. The molecule has 0 bridgehead atoms. The van der Waals surface area contributed by atoms with Gasteiger partial charge in [-0.3, -0.25) is 0 Å². The SMILES string of the molecule is Cc1ccc(OCCOc2ccc(Cl)c(Cl)c2)c(N)c1. The summed E-state index contributed by atoms with van der Waals surface area (Å²) in [5.41, 5.74) is 7.58. The van der Waals surface area contributed by atoms with Gasteiger partial charge >= 0.3 is 0 Å². The fraction of sp³-hybridized carbons (Fsp3) is 0.200. The molecule has 2 N–H and O–H groups in total. The van der Waals surface area contributed by atoms with Gasteiger partial charge in [-0.2, -0.15) is 0 Å². The summed E-state index contributed by atoms with van der Waals surface area (Å²) in [6.07, 6.45) is 0.